The number of unbranched alkanes of at least 4 members (excludes halogenated alkanes) is 1. The molecule has 0 atom stereocenters. The number of hydrogen-bond donors (Lipinski definition) is 0. The number of aromatic nitrogens is 2. The smallest absolute Gasteiger partial charge is 0.471 e. The minimum absolute atomic E-state index is 0.150. The van der Waals surface area contributed by atoms with Gasteiger partial charge in [-0.05, 0) is 31.0 Å². The number of benzene rings is 1. The second-order valence-corrected chi connectivity index (χ2v) is 6.62. The van der Waals surface area contributed by atoms with Crippen LogP contribution in [-0.4, -0.2) is 16.7 Å². The van der Waals surface area contributed by atoms with E-state index in [4.69, 9.17) is 15.3 Å². The van der Waals surface area contributed by atoms with Crippen molar-refractivity contribution in [3.63, 3.8) is 0 Å². The molecule has 1 aromatic heterocycles. The molecule has 26 heavy (non-hydrogen) atoms. The number of ether oxygens (including phenoxy) is 1. The minimum atomic E-state index is -4.69. The largest absolute Gasteiger partial charge is 0.493 e. The van der Waals surface area contributed by atoms with Crippen LogP contribution >= 0.6 is 30.4 Å². The number of rotatable bonds is 8. The van der Waals surface area contributed by atoms with Gasteiger partial charge in [0.05, 0.1) is 22.4 Å². The van der Waals surface area contributed by atoms with Gasteiger partial charge in [-0.1, -0.05) is 5.16 Å². The maximum absolute atomic E-state index is 12.7. The molecule has 0 saturated heterocycles. The van der Waals surface area contributed by atoms with Crippen LogP contribution in [-0.2, 0) is 17.0 Å². The van der Waals surface area contributed by atoms with Gasteiger partial charge >= 0.3 is 12.1 Å². The van der Waals surface area contributed by atoms with Crippen LogP contribution in [0, 0.1) is 19.3 Å². The van der Waals surface area contributed by atoms with Gasteiger partial charge in [-0.2, -0.15) is 18.2 Å². The Hall–Kier alpha value is -1.45. The quantitative estimate of drug-likeness (QED) is 0.211. The first kappa shape index (κ1) is 20.9. The lowest BCUT2D eigenvalue weighted by molar-refractivity contribution is -0.159. The molecule has 0 radical (unpaired) electrons. The van der Waals surface area contributed by atoms with Crippen LogP contribution in [0.4, 0.5) is 13.2 Å². The lowest BCUT2D eigenvalue weighted by Crippen LogP contribution is -2.05. The zero-order chi connectivity index (χ0) is 19.2. The summed E-state index contributed by atoms with van der Waals surface area (Å²) in [7, 11) is 1.14. The maximum atomic E-state index is 12.7. The molecular weight excluding hydrogens is 484 g/mol. The van der Waals surface area contributed by atoms with Gasteiger partial charge in [0.25, 0.3) is 0 Å². The molecule has 0 N–H and O–H groups in total. The van der Waals surface area contributed by atoms with Crippen molar-refractivity contribution < 1.29 is 26.6 Å². The van der Waals surface area contributed by atoms with Crippen molar-refractivity contribution in [2.24, 2.45) is 0 Å². The Kier molecular flexibility index (Phi) is 7.60. The number of terminal acetylenes is 1. The van der Waals surface area contributed by atoms with E-state index in [1.807, 2.05) is 21.2 Å². The number of hydrogen-bond acceptors (Lipinski definition) is 6. The third-order valence-corrected chi connectivity index (χ3v) is 4.22. The molecule has 0 aliphatic carbocycles. The minimum Gasteiger partial charge on any atom is -0.493 e. The molecule has 0 unspecified atom stereocenters. The van der Waals surface area contributed by atoms with Crippen molar-refractivity contribution in [2.75, 3.05) is 6.61 Å². The monoisotopic (exact) mass is 498 g/mol. The van der Waals surface area contributed by atoms with Crippen molar-refractivity contribution in [3.8, 4) is 29.5 Å². The van der Waals surface area contributed by atoms with Crippen molar-refractivity contribution >= 4 is 30.4 Å². The van der Waals surface area contributed by atoms with Crippen LogP contribution in [0.2, 0.25) is 0 Å². The highest BCUT2D eigenvalue weighted by atomic mass is 127. The number of nitrogens with zero attached hydrogens (tertiary/aromatic N) is 2. The van der Waals surface area contributed by atoms with Crippen molar-refractivity contribution in [3.05, 3.63) is 29.2 Å². The molecule has 2 rings (SSSR count). The molecule has 0 saturated carbocycles. The third kappa shape index (κ3) is 5.52. The highest BCUT2D eigenvalue weighted by molar-refractivity contribution is 14.2. The Morgan fingerprint density at radius 1 is 1.38 bits per heavy atom. The topological polar surface area (TPSA) is 57.4 Å². The zero-order valence-corrected chi connectivity index (χ0v) is 16.6. The molecule has 0 bridgehead atoms. The van der Waals surface area contributed by atoms with Gasteiger partial charge in [-0.25, -0.2) is 0 Å². The molecular formula is C16H14F3IN2O3S. The van der Waals surface area contributed by atoms with Crippen molar-refractivity contribution in [2.45, 2.75) is 32.5 Å². The SMILES string of the molecule is C#CCCCOc1c(C)cc(-c2noc(C(F)(F)F)n2)cc1COSI. The Morgan fingerprint density at radius 3 is 2.77 bits per heavy atom. The summed E-state index contributed by atoms with van der Waals surface area (Å²) in [5.74, 6) is 1.60. The highest BCUT2D eigenvalue weighted by Crippen LogP contribution is 2.34. The summed E-state index contributed by atoms with van der Waals surface area (Å²) < 4.78 is 53.4. The third-order valence-electron chi connectivity index (χ3n) is 3.25. The number of aryl methyl sites for hydroxylation is 1. The predicted octanol–water partition coefficient (Wildman–Crippen LogP) is 5.37. The molecule has 0 aliphatic heterocycles. The van der Waals surface area contributed by atoms with Gasteiger partial charge < -0.3 is 13.4 Å². The molecule has 10 heteroatoms. The molecule has 140 valence electrons. The van der Waals surface area contributed by atoms with Crippen LogP contribution < -0.4 is 4.74 Å². The van der Waals surface area contributed by atoms with E-state index in [1.54, 1.807) is 19.1 Å². The Bertz CT molecular complexity index is 790. The molecule has 5 nitrogen and oxygen atoms in total. The van der Waals surface area contributed by atoms with Gasteiger partial charge in [0.15, 0.2) is 0 Å². The fourth-order valence-corrected chi connectivity index (χ4v) is 2.73. The van der Waals surface area contributed by atoms with Gasteiger partial charge in [0.1, 0.15) is 5.75 Å². The molecule has 1 aromatic carbocycles. The summed E-state index contributed by atoms with van der Waals surface area (Å²) in [5.41, 5.74) is 1.77. The van der Waals surface area contributed by atoms with E-state index in [9.17, 15) is 13.2 Å². The van der Waals surface area contributed by atoms with Crippen molar-refractivity contribution in [1.82, 2.24) is 10.1 Å². The fourth-order valence-electron chi connectivity index (χ4n) is 2.18. The number of alkyl halides is 3. The summed E-state index contributed by atoms with van der Waals surface area (Å²) in [6.45, 7) is 2.41. The molecule has 0 spiro atoms. The highest BCUT2D eigenvalue weighted by Gasteiger charge is 2.38. The van der Waals surface area contributed by atoms with E-state index < -0.39 is 12.1 Å². The maximum Gasteiger partial charge on any atom is 0.471 e. The van der Waals surface area contributed by atoms with E-state index in [2.05, 4.69) is 20.6 Å². The average Bonchev–Trinajstić information content (AvgIpc) is 3.08. The van der Waals surface area contributed by atoms with Crippen molar-refractivity contribution in [1.29, 1.82) is 0 Å². The summed E-state index contributed by atoms with van der Waals surface area (Å²) in [6, 6.07) is 3.27. The Balaban J connectivity index is 2.32. The fraction of sp³-hybridized carbons (Fsp3) is 0.375. The van der Waals surface area contributed by atoms with Crippen LogP contribution in [0.15, 0.2) is 16.7 Å². The van der Waals surface area contributed by atoms with Gasteiger partial charge in [0.2, 0.25) is 5.82 Å². The Morgan fingerprint density at radius 2 is 2.15 bits per heavy atom. The van der Waals surface area contributed by atoms with Crippen LogP contribution in [0.25, 0.3) is 11.4 Å². The lowest BCUT2D eigenvalue weighted by atomic mass is 10.0. The van der Waals surface area contributed by atoms with E-state index in [1.165, 1.54) is 0 Å². The van der Waals surface area contributed by atoms with Gasteiger partial charge in [0, 0.05) is 38.8 Å². The molecule has 1 heterocycles. The van der Waals surface area contributed by atoms with Gasteiger partial charge in [-0.15, -0.1) is 12.3 Å². The normalized spacial score (nSPS) is 11.4. The van der Waals surface area contributed by atoms with E-state index in [0.717, 1.165) is 14.8 Å². The summed E-state index contributed by atoms with van der Waals surface area (Å²) in [5, 5.41) is 3.41. The van der Waals surface area contributed by atoms with Crippen LogP contribution in [0.5, 0.6) is 5.75 Å². The second-order valence-electron chi connectivity index (χ2n) is 5.18. The summed E-state index contributed by atoms with van der Waals surface area (Å²) in [6.07, 6.45) is 1.81. The number of halogens is 4. The van der Waals surface area contributed by atoms with Crippen LogP contribution in [0.1, 0.15) is 29.9 Å². The second kappa shape index (κ2) is 9.48. The predicted molar refractivity (Wildman–Crippen MR) is 99.4 cm³/mol. The Labute approximate surface area is 164 Å². The van der Waals surface area contributed by atoms with E-state index in [-0.39, 0.29) is 12.4 Å². The van der Waals surface area contributed by atoms with Crippen LogP contribution in [0.3, 0.4) is 0 Å². The lowest BCUT2D eigenvalue weighted by Gasteiger charge is -2.15. The average molecular weight is 498 g/mol. The van der Waals surface area contributed by atoms with E-state index >= 15 is 0 Å². The van der Waals surface area contributed by atoms with Gasteiger partial charge in [-0.3, -0.25) is 0 Å². The first-order valence-electron chi connectivity index (χ1n) is 7.38. The van der Waals surface area contributed by atoms with E-state index in [0.29, 0.717) is 36.3 Å². The molecule has 0 amide bonds. The summed E-state index contributed by atoms with van der Waals surface area (Å²) >= 11 is 1.97. The zero-order valence-electron chi connectivity index (χ0n) is 13.6. The summed E-state index contributed by atoms with van der Waals surface area (Å²) in [4.78, 5) is 3.42. The molecule has 0 fully saturated rings. The first-order valence-corrected chi connectivity index (χ1v) is 10.7. The molecule has 2 aromatic rings. The molecule has 0 aliphatic rings. The standard InChI is InChI=1S/C16H14F3IN2O3S/c1-3-4-5-6-23-13-10(2)7-11(8-12(13)9-24-26-20)14-21-15(25-22-14)16(17,18)19/h1,7-8H,4-6,9H2,2H3. The first-order chi connectivity index (χ1) is 12.4.